The minimum absolute atomic E-state index is 0.0107. The van der Waals surface area contributed by atoms with Crippen molar-refractivity contribution in [2.24, 2.45) is 0 Å². The van der Waals surface area contributed by atoms with Crippen molar-refractivity contribution in [3.63, 3.8) is 0 Å². The smallest absolute Gasteiger partial charge is 0.244 e. The van der Waals surface area contributed by atoms with Crippen molar-refractivity contribution >= 4 is 50.7 Å². The number of halogens is 4. The van der Waals surface area contributed by atoms with Crippen LogP contribution in [0.3, 0.4) is 0 Å². The molecule has 0 saturated heterocycles. The van der Waals surface area contributed by atoms with Crippen LogP contribution in [0.5, 0.6) is 0 Å². The zero-order valence-electron chi connectivity index (χ0n) is 19.8. The van der Waals surface area contributed by atoms with Crippen molar-refractivity contribution in [3.05, 3.63) is 63.6 Å². The summed E-state index contributed by atoms with van der Waals surface area (Å²) >= 11 is 12.1. The molecule has 0 aliphatic heterocycles. The maximum absolute atomic E-state index is 13.8. The Balaban J connectivity index is 1.91. The lowest BCUT2D eigenvalue weighted by Crippen LogP contribution is -2.52. The summed E-state index contributed by atoms with van der Waals surface area (Å²) in [6.45, 7) is 0.749. The lowest BCUT2D eigenvalue weighted by molar-refractivity contribution is -0.139. The molecule has 0 radical (unpaired) electrons. The molecule has 1 saturated carbocycles. The first-order valence-corrected chi connectivity index (χ1v) is 13.9. The van der Waals surface area contributed by atoms with Crippen molar-refractivity contribution in [1.82, 2.24) is 10.2 Å². The molecule has 1 unspecified atom stereocenters. The zero-order valence-corrected chi connectivity index (χ0v) is 22.1. The molecule has 2 aromatic carbocycles. The van der Waals surface area contributed by atoms with Crippen LogP contribution < -0.4 is 9.62 Å². The van der Waals surface area contributed by atoms with E-state index in [0.29, 0.717) is 21.0 Å². The van der Waals surface area contributed by atoms with Gasteiger partial charge in [-0.15, -0.1) is 0 Å². The molecule has 1 atom stereocenters. The fourth-order valence-corrected chi connectivity index (χ4v) is 5.23. The Morgan fingerprint density at radius 2 is 1.72 bits per heavy atom. The van der Waals surface area contributed by atoms with Gasteiger partial charge in [-0.3, -0.25) is 13.9 Å². The number of sulfonamides is 1. The summed E-state index contributed by atoms with van der Waals surface area (Å²) in [7, 11) is -4.07. The van der Waals surface area contributed by atoms with Gasteiger partial charge in [0.1, 0.15) is 12.6 Å². The number of nitrogens with one attached hydrogen (secondary N) is 1. The normalized spacial score (nSPS) is 14.9. The summed E-state index contributed by atoms with van der Waals surface area (Å²) in [4.78, 5) is 27.7. The summed E-state index contributed by atoms with van der Waals surface area (Å²) < 4.78 is 52.9. The van der Waals surface area contributed by atoms with E-state index in [9.17, 15) is 26.8 Å². The summed E-state index contributed by atoms with van der Waals surface area (Å²) in [6.07, 6.45) is 4.54. The molecular weight excluding hydrogens is 535 g/mol. The molecule has 1 N–H and O–H groups in total. The molecule has 0 bridgehead atoms. The van der Waals surface area contributed by atoms with E-state index in [4.69, 9.17) is 23.2 Å². The van der Waals surface area contributed by atoms with Crippen LogP contribution in [0.25, 0.3) is 0 Å². The van der Waals surface area contributed by atoms with Gasteiger partial charge < -0.3 is 10.2 Å². The van der Waals surface area contributed by atoms with Crippen molar-refractivity contribution in [2.75, 3.05) is 17.1 Å². The molecule has 2 aromatic rings. The number of anilines is 1. The van der Waals surface area contributed by atoms with Gasteiger partial charge in [-0.2, -0.15) is 0 Å². The third-order valence-corrected chi connectivity index (χ3v) is 7.96. The summed E-state index contributed by atoms with van der Waals surface area (Å²) in [6, 6.07) is 6.33. The topological polar surface area (TPSA) is 86.8 Å². The summed E-state index contributed by atoms with van der Waals surface area (Å²) in [5.74, 6) is -3.51. The standard InChI is InChI=1S/C24H27Cl2F2N3O4S/c1-15(24(33)29-17-5-3-4-6-17)30(13-16-7-9-19(25)20(26)11-16)23(32)14-31(36(2,34)35)18-8-10-21(27)22(28)12-18/h7-12,15,17H,3-6,13-14H2,1-2H3,(H,29,33). The van der Waals surface area contributed by atoms with Crippen molar-refractivity contribution in [1.29, 1.82) is 0 Å². The first kappa shape index (κ1) is 28.1. The number of nitrogens with zero attached hydrogens (tertiary/aromatic N) is 2. The van der Waals surface area contributed by atoms with Gasteiger partial charge in [-0.25, -0.2) is 17.2 Å². The highest BCUT2D eigenvalue weighted by Crippen LogP contribution is 2.25. The molecule has 1 aliphatic carbocycles. The van der Waals surface area contributed by atoms with Gasteiger partial charge >= 0.3 is 0 Å². The van der Waals surface area contributed by atoms with Gasteiger partial charge in [0, 0.05) is 18.7 Å². The number of hydrogen-bond donors (Lipinski definition) is 1. The first-order chi connectivity index (χ1) is 16.9. The van der Waals surface area contributed by atoms with Crippen molar-refractivity contribution < 1.29 is 26.8 Å². The third-order valence-electron chi connectivity index (χ3n) is 6.08. The number of hydrogen-bond acceptors (Lipinski definition) is 4. The van der Waals surface area contributed by atoms with Gasteiger partial charge in [0.05, 0.1) is 22.0 Å². The fraction of sp³-hybridized carbons (Fsp3) is 0.417. The fourth-order valence-electron chi connectivity index (χ4n) is 4.06. The monoisotopic (exact) mass is 561 g/mol. The van der Waals surface area contributed by atoms with Crippen LogP contribution in [0.4, 0.5) is 14.5 Å². The van der Waals surface area contributed by atoms with E-state index in [1.165, 1.54) is 4.90 Å². The lowest BCUT2D eigenvalue weighted by atomic mass is 10.1. The molecule has 3 rings (SSSR count). The highest BCUT2D eigenvalue weighted by molar-refractivity contribution is 7.92. The van der Waals surface area contributed by atoms with E-state index in [1.807, 2.05) is 0 Å². The highest BCUT2D eigenvalue weighted by Gasteiger charge is 2.31. The molecule has 0 spiro atoms. The quantitative estimate of drug-likeness (QED) is 0.487. The van der Waals surface area contributed by atoms with Crippen LogP contribution >= 0.6 is 23.2 Å². The Morgan fingerprint density at radius 1 is 1.06 bits per heavy atom. The summed E-state index contributed by atoms with van der Waals surface area (Å²) in [5, 5.41) is 3.51. The molecule has 0 heterocycles. The van der Waals surface area contributed by atoms with E-state index in [1.54, 1.807) is 25.1 Å². The summed E-state index contributed by atoms with van der Waals surface area (Å²) in [5.41, 5.74) is 0.347. The third kappa shape index (κ3) is 7.08. The predicted octanol–water partition coefficient (Wildman–Crippen LogP) is 4.51. The molecule has 0 aromatic heterocycles. The first-order valence-electron chi connectivity index (χ1n) is 11.3. The molecule has 12 heteroatoms. The van der Waals surface area contributed by atoms with Crippen LogP contribution in [0.15, 0.2) is 36.4 Å². The molecule has 2 amide bonds. The van der Waals surface area contributed by atoms with E-state index >= 15 is 0 Å². The van der Waals surface area contributed by atoms with Gasteiger partial charge in [0.15, 0.2) is 11.6 Å². The minimum atomic E-state index is -4.07. The number of carbonyl (C=O) groups is 2. The zero-order chi connectivity index (χ0) is 26.6. The van der Waals surface area contributed by atoms with Crippen LogP contribution in [0.1, 0.15) is 38.2 Å². The average molecular weight is 562 g/mol. The molecular formula is C24H27Cl2F2N3O4S. The van der Waals surface area contributed by atoms with Crippen molar-refractivity contribution in [3.8, 4) is 0 Å². The highest BCUT2D eigenvalue weighted by atomic mass is 35.5. The van der Waals surface area contributed by atoms with E-state index < -0.39 is 40.2 Å². The SMILES string of the molecule is CC(C(=O)NC1CCCC1)N(Cc1ccc(Cl)c(Cl)c1)C(=O)CN(c1ccc(F)c(F)c1)S(C)(=O)=O. The van der Waals surface area contributed by atoms with E-state index in [-0.39, 0.29) is 29.2 Å². The number of carbonyl (C=O) groups excluding carboxylic acids is 2. The number of amides is 2. The minimum Gasteiger partial charge on any atom is -0.352 e. The Morgan fingerprint density at radius 3 is 2.31 bits per heavy atom. The Kier molecular flexibility index (Phi) is 9.18. The molecule has 7 nitrogen and oxygen atoms in total. The van der Waals surface area contributed by atoms with E-state index in [0.717, 1.165) is 44.1 Å². The second-order valence-corrected chi connectivity index (χ2v) is 11.5. The van der Waals surface area contributed by atoms with Gasteiger partial charge in [0.25, 0.3) is 0 Å². The maximum Gasteiger partial charge on any atom is 0.244 e. The Bertz CT molecular complexity index is 1240. The molecule has 36 heavy (non-hydrogen) atoms. The maximum atomic E-state index is 13.8. The van der Waals surface area contributed by atoms with Crippen LogP contribution in [0, 0.1) is 11.6 Å². The molecule has 196 valence electrons. The van der Waals surface area contributed by atoms with Gasteiger partial charge in [-0.05, 0) is 49.6 Å². The van der Waals surface area contributed by atoms with Crippen LogP contribution in [-0.2, 0) is 26.2 Å². The largest absolute Gasteiger partial charge is 0.352 e. The van der Waals surface area contributed by atoms with Crippen LogP contribution in [0.2, 0.25) is 10.0 Å². The Hall–Kier alpha value is -2.43. The number of benzene rings is 2. The van der Waals surface area contributed by atoms with Crippen molar-refractivity contribution in [2.45, 2.75) is 51.2 Å². The predicted molar refractivity (Wildman–Crippen MR) is 135 cm³/mol. The van der Waals surface area contributed by atoms with Crippen LogP contribution in [-0.4, -0.2) is 50.0 Å². The van der Waals surface area contributed by atoms with E-state index in [2.05, 4.69) is 5.32 Å². The molecule has 1 fully saturated rings. The van der Waals surface area contributed by atoms with Gasteiger partial charge in [0.2, 0.25) is 21.8 Å². The second kappa shape index (κ2) is 11.7. The Labute approximate surface area is 219 Å². The number of rotatable bonds is 9. The van der Waals surface area contributed by atoms with Gasteiger partial charge in [-0.1, -0.05) is 42.1 Å². The lowest BCUT2D eigenvalue weighted by Gasteiger charge is -2.32. The second-order valence-electron chi connectivity index (χ2n) is 8.80. The molecule has 1 aliphatic rings. The average Bonchev–Trinajstić information content (AvgIpc) is 3.31.